The van der Waals surface area contributed by atoms with Crippen LogP contribution in [0.2, 0.25) is 0 Å². The summed E-state index contributed by atoms with van der Waals surface area (Å²) in [4.78, 5) is 8.21. The van der Waals surface area contributed by atoms with Crippen LogP contribution in [0.25, 0.3) is 16.9 Å². The van der Waals surface area contributed by atoms with E-state index in [1.54, 1.807) is 23.0 Å². The summed E-state index contributed by atoms with van der Waals surface area (Å²) in [6, 6.07) is 11.1. The second kappa shape index (κ2) is 6.08. The van der Waals surface area contributed by atoms with Gasteiger partial charge in [0.05, 0.1) is 6.42 Å². The zero-order valence-electron chi connectivity index (χ0n) is 13.2. The topological polar surface area (TPSA) is 110 Å². The van der Waals surface area contributed by atoms with Crippen molar-refractivity contribution in [2.24, 2.45) is 0 Å². The molecule has 4 heterocycles. The third kappa shape index (κ3) is 2.92. The molecule has 122 valence electrons. The first-order chi connectivity index (χ1) is 12.2. The molecule has 0 bridgehead atoms. The lowest BCUT2D eigenvalue weighted by Gasteiger charge is -2.06. The minimum atomic E-state index is 0.266. The van der Waals surface area contributed by atoms with Gasteiger partial charge in [-0.2, -0.15) is 10.5 Å². The van der Waals surface area contributed by atoms with Crippen LogP contribution in [-0.2, 0) is 6.42 Å². The van der Waals surface area contributed by atoms with Crippen LogP contribution in [0.15, 0.2) is 61.3 Å². The van der Waals surface area contributed by atoms with Crippen molar-refractivity contribution in [2.75, 3.05) is 5.73 Å². The van der Waals surface area contributed by atoms with E-state index in [-0.39, 0.29) is 5.84 Å². The maximum Gasteiger partial charge on any atom is 0.258 e. The monoisotopic (exact) mass is 331 g/mol. The van der Waals surface area contributed by atoms with E-state index >= 15 is 0 Å². The van der Waals surface area contributed by atoms with Gasteiger partial charge in [0.1, 0.15) is 12.0 Å². The van der Waals surface area contributed by atoms with Crippen molar-refractivity contribution in [3.8, 4) is 11.3 Å². The number of nitrogen functional groups attached to an aromatic ring is 1. The van der Waals surface area contributed by atoms with Crippen LogP contribution in [0.3, 0.4) is 0 Å². The van der Waals surface area contributed by atoms with E-state index in [0.29, 0.717) is 17.9 Å². The van der Waals surface area contributed by atoms with Gasteiger partial charge in [-0.1, -0.05) is 6.07 Å². The number of hydrogen-bond donors (Lipinski definition) is 2. The number of pyridine rings is 2. The lowest BCUT2D eigenvalue weighted by molar-refractivity contribution is -0.608. The molecule has 8 heteroatoms. The van der Waals surface area contributed by atoms with E-state index in [1.807, 2.05) is 36.5 Å². The first-order valence-electron chi connectivity index (χ1n) is 7.66. The van der Waals surface area contributed by atoms with Crippen molar-refractivity contribution in [1.29, 1.82) is 5.41 Å². The molecule has 8 nitrogen and oxygen atoms in total. The highest BCUT2D eigenvalue weighted by atomic mass is 15.3. The van der Waals surface area contributed by atoms with E-state index in [4.69, 9.17) is 11.1 Å². The van der Waals surface area contributed by atoms with Crippen LogP contribution >= 0.6 is 0 Å². The molecule has 0 aliphatic rings. The smallest absolute Gasteiger partial charge is 0.258 e. The molecule has 3 N–H and O–H groups in total. The fourth-order valence-corrected chi connectivity index (χ4v) is 2.55. The van der Waals surface area contributed by atoms with Gasteiger partial charge in [-0.3, -0.25) is 4.98 Å². The SMILES string of the molecule is N=C(Cc1ccc2ncnn2c1)[n+]1nc(-c2cccnc2)ccc1N. The molecule has 0 atom stereocenters. The molecule has 4 aromatic rings. The molecule has 0 spiro atoms. The van der Waals surface area contributed by atoms with E-state index in [2.05, 4.69) is 20.2 Å². The molecule has 0 radical (unpaired) electrons. The van der Waals surface area contributed by atoms with Crippen LogP contribution in [0.1, 0.15) is 5.56 Å². The van der Waals surface area contributed by atoms with Crippen LogP contribution in [0.4, 0.5) is 5.82 Å². The lowest BCUT2D eigenvalue weighted by Crippen LogP contribution is -2.49. The van der Waals surface area contributed by atoms with Gasteiger partial charge in [0, 0.05) is 30.2 Å². The molecular weight excluding hydrogens is 316 g/mol. The standard InChI is InChI=1S/C17H14N8/c18-15-5-4-14(13-2-1-7-20-9-13)23-25(15)16(19)8-12-3-6-17-21-11-22-24(17)10-12/h1-7,9-11,18-19H,8H2/p+1. The van der Waals surface area contributed by atoms with Gasteiger partial charge in [-0.25, -0.2) is 9.50 Å². The highest BCUT2D eigenvalue weighted by Gasteiger charge is 2.15. The van der Waals surface area contributed by atoms with Crippen molar-refractivity contribution < 1.29 is 4.68 Å². The van der Waals surface area contributed by atoms with Crippen LogP contribution in [0.5, 0.6) is 0 Å². The summed E-state index contributed by atoms with van der Waals surface area (Å²) in [5, 5.41) is 17.0. The van der Waals surface area contributed by atoms with Gasteiger partial charge >= 0.3 is 0 Å². The second-order valence-electron chi connectivity index (χ2n) is 5.52. The molecule has 0 aromatic carbocycles. The normalized spacial score (nSPS) is 10.9. The molecule has 4 aromatic heterocycles. The van der Waals surface area contributed by atoms with E-state index in [1.165, 1.54) is 11.0 Å². The lowest BCUT2D eigenvalue weighted by atomic mass is 10.2. The first-order valence-corrected chi connectivity index (χ1v) is 7.66. The summed E-state index contributed by atoms with van der Waals surface area (Å²) in [6.07, 6.45) is 7.14. The summed E-state index contributed by atoms with van der Waals surface area (Å²) < 4.78 is 3.12. The van der Waals surface area contributed by atoms with Crippen molar-refractivity contribution in [3.05, 3.63) is 66.9 Å². The highest BCUT2D eigenvalue weighted by Crippen LogP contribution is 2.14. The number of nitrogens with two attached hydrogens (primary N) is 1. The van der Waals surface area contributed by atoms with Crippen molar-refractivity contribution in [2.45, 2.75) is 6.42 Å². The first kappa shape index (κ1) is 14.9. The zero-order valence-corrected chi connectivity index (χ0v) is 13.2. The molecule has 0 amide bonds. The Kier molecular flexibility index (Phi) is 3.62. The number of aromatic nitrogens is 6. The predicted molar refractivity (Wildman–Crippen MR) is 91.9 cm³/mol. The molecule has 0 fully saturated rings. The summed E-state index contributed by atoms with van der Waals surface area (Å²) in [5.41, 5.74) is 9.27. The Morgan fingerprint density at radius 3 is 2.96 bits per heavy atom. The number of fused-ring (bicyclic) bond motifs is 1. The quantitative estimate of drug-likeness (QED) is 0.332. The molecular formula is C17H15N8+. The summed E-state index contributed by atoms with van der Waals surface area (Å²) in [5.74, 6) is 0.669. The number of nitrogens with one attached hydrogen (secondary N) is 1. The molecule has 4 rings (SSSR count). The van der Waals surface area contributed by atoms with Gasteiger partial charge < -0.3 is 5.73 Å². The number of rotatable bonds is 3. The molecule has 0 saturated carbocycles. The Labute approximate surface area is 143 Å². The van der Waals surface area contributed by atoms with Crippen molar-refractivity contribution in [3.63, 3.8) is 0 Å². The van der Waals surface area contributed by atoms with Gasteiger partial charge in [-0.05, 0) is 29.8 Å². The van der Waals surface area contributed by atoms with E-state index in [9.17, 15) is 0 Å². The Balaban J connectivity index is 1.65. The maximum absolute atomic E-state index is 8.40. The second-order valence-corrected chi connectivity index (χ2v) is 5.52. The van der Waals surface area contributed by atoms with E-state index < -0.39 is 0 Å². The van der Waals surface area contributed by atoms with Gasteiger partial charge in [0.15, 0.2) is 5.65 Å². The third-order valence-electron chi connectivity index (χ3n) is 3.78. The fraction of sp³-hybridized carbons (Fsp3) is 0.0588. The summed E-state index contributed by atoms with van der Waals surface area (Å²) >= 11 is 0. The molecule has 25 heavy (non-hydrogen) atoms. The highest BCUT2D eigenvalue weighted by molar-refractivity contribution is 5.74. The average Bonchev–Trinajstić information content (AvgIpc) is 3.10. The average molecular weight is 331 g/mol. The van der Waals surface area contributed by atoms with Gasteiger partial charge in [0.25, 0.3) is 5.84 Å². The summed E-state index contributed by atoms with van der Waals surface area (Å²) in [6.45, 7) is 0. The Bertz CT molecular complexity index is 1050. The zero-order chi connectivity index (χ0) is 17.2. The largest absolute Gasteiger partial charge is 0.317 e. The predicted octanol–water partition coefficient (Wildman–Crippen LogP) is 1.12. The number of hydrogen-bond acceptors (Lipinski definition) is 6. The van der Waals surface area contributed by atoms with Crippen molar-refractivity contribution >= 4 is 17.3 Å². The molecule has 0 unspecified atom stereocenters. The van der Waals surface area contributed by atoms with Gasteiger partial charge in [0.2, 0.25) is 5.82 Å². The van der Waals surface area contributed by atoms with Gasteiger partial charge in [-0.15, -0.1) is 9.78 Å². The van der Waals surface area contributed by atoms with Crippen LogP contribution in [0, 0.1) is 5.41 Å². The number of anilines is 1. The molecule has 0 aliphatic carbocycles. The minimum absolute atomic E-state index is 0.266. The molecule has 0 aliphatic heterocycles. The number of nitrogens with zero attached hydrogens (tertiary/aromatic N) is 6. The van der Waals surface area contributed by atoms with E-state index in [0.717, 1.165) is 16.8 Å². The van der Waals surface area contributed by atoms with Crippen LogP contribution in [-0.4, -0.2) is 30.5 Å². The molecule has 0 saturated heterocycles. The minimum Gasteiger partial charge on any atom is -0.317 e. The Morgan fingerprint density at radius 2 is 2.12 bits per heavy atom. The Hall–Kier alpha value is -3.68. The summed E-state index contributed by atoms with van der Waals surface area (Å²) in [7, 11) is 0. The maximum atomic E-state index is 8.40. The van der Waals surface area contributed by atoms with Crippen molar-refractivity contribution in [1.82, 2.24) is 24.7 Å². The fourth-order valence-electron chi connectivity index (χ4n) is 2.55. The van der Waals surface area contributed by atoms with Crippen LogP contribution < -0.4 is 10.4 Å². The third-order valence-corrected chi connectivity index (χ3v) is 3.78. The Morgan fingerprint density at radius 1 is 1.20 bits per heavy atom.